The van der Waals surface area contributed by atoms with E-state index in [-0.39, 0.29) is 17.5 Å². The van der Waals surface area contributed by atoms with Crippen molar-refractivity contribution in [3.63, 3.8) is 0 Å². The molecule has 2 aromatic rings. The molecule has 0 saturated carbocycles. The third-order valence-electron chi connectivity index (χ3n) is 3.10. The van der Waals surface area contributed by atoms with E-state index in [0.29, 0.717) is 11.3 Å². The summed E-state index contributed by atoms with van der Waals surface area (Å²) in [5, 5.41) is 6.70. The molecule has 7 nitrogen and oxygen atoms in total. The molecule has 3 rings (SSSR count). The number of hydrogen-bond acceptors (Lipinski definition) is 5. The molecule has 1 aliphatic rings. The molecule has 116 valence electrons. The van der Waals surface area contributed by atoms with Crippen molar-refractivity contribution in [3.8, 4) is 0 Å². The highest BCUT2D eigenvalue weighted by Crippen LogP contribution is 2.20. The smallest absolute Gasteiger partial charge is 0.363 e. The lowest BCUT2D eigenvalue weighted by atomic mass is 10.2. The third-order valence-corrected chi connectivity index (χ3v) is 3.10. The lowest BCUT2D eigenvalue weighted by Gasteiger charge is -2.03. The van der Waals surface area contributed by atoms with Crippen molar-refractivity contribution in [1.29, 1.82) is 0 Å². The number of ether oxygens (including phenoxy) is 1. The molecule has 0 fully saturated rings. The summed E-state index contributed by atoms with van der Waals surface area (Å²) >= 11 is 0. The molecule has 1 amide bonds. The SMILES string of the molecule is CC(=O)Nc1ccc(C2=N/C(=C/c3cnn(C)c3)C(=O)O2)cc1. The molecule has 0 spiro atoms. The van der Waals surface area contributed by atoms with Crippen LogP contribution in [-0.2, 0) is 21.4 Å². The number of carbonyl (C=O) groups excluding carboxylic acids is 2. The van der Waals surface area contributed by atoms with Crippen molar-refractivity contribution in [1.82, 2.24) is 9.78 Å². The van der Waals surface area contributed by atoms with Gasteiger partial charge in [-0.15, -0.1) is 0 Å². The number of nitrogens with one attached hydrogen (secondary N) is 1. The summed E-state index contributed by atoms with van der Waals surface area (Å²) in [6.45, 7) is 1.44. The fraction of sp³-hybridized carbons (Fsp3) is 0.125. The fourth-order valence-corrected chi connectivity index (χ4v) is 2.10. The number of benzene rings is 1. The number of cyclic esters (lactones) is 1. The van der Waals surface area contributed by atoms with E-state index in [1.807, 2.05) is 0 Å². The zero-order valence-electron chi connectivity index (χ0n) is 12.6. The minimum Gasteiger partial charge on any atom is -0.402 e. The van der Waals surface area contributed by atoms with Gasteiger partial charge in [0.2, 0.25) is 11.8 Å². The molecule has 23 heavy (non-hydrogen) atoms. The second-order valence-electron chi connectivity index (χ2n) is 5.04. The highest BCUT2D eigenvalue weighted by atomic mass is 16.6. The largest absolute Gasteiger partial charge is 0.402 e. The predicted molar refractivity (Wildman–Crippen MR) is 84.6 cm³/mol. The predicted octanol–water partition coefficient (Wildman–Crippen LogP) is 1.72. The molecule has 0 bridgehead atoms. The molecule has 0 unspecified atom stereocenters. The van der Waals surface area contributed by atoms with Gasteiger partial charge in [-0.1, -0.05) is 0 Å². The molecule has 7 heteroatoms. The summed E-state index contributed by atoms with van der Waals surface area (Å²) in [5.41, 5.74) is 2.31. The van der Waals surface area contributed by atoms with E-state index in [0.717, 1.165) is 5.56 Å². The Hall–Kier alpha value is -3.22. The molecule has 0 radical (unpaired) electrons. The number of hydrogen-bond donors (Lipinski definition) is 1. The summed E-state index contributed by atoms with van der Waals surface area (Å²) in [4.78, 5) is 27.1. The van der Waals surface area contributed by atoms with Crippen LogP contribution in [0.1, 0.15) is 18.1 Å². The Morgan fingerprint density at radius 1 is 1.30 bits per heavy atom. The number of carbonyl (C=O) groups is 2. The lowest BCUT2D eigenvalue weighted by Crippen LogP contribution is -2.07. The van der Waals surface area contributed by atoms with Gasteiger partial charge in [-0.05, 0) is 30.3 Å². The normalized spacial score (nSPS) is 15.5. The number of anilines is 1. The number of aryl methyl sites for hydroxylation is 1. The fourth-order valence-electron chi connectivity index (χ4n) is 2.10. The second-order valence-corrected chi connectivity index (χ2v) is 5.04. The lowest BCUT2D eigenvalue weighted by molar-refractivity contribution is -0.129. The van der Waals surface area contributed by atoms with Gasteiger partial charge in [-0.3, -0.25) is 9.48 Å². The van der Waals surface area contributed by atoms with Crippen LogP contribution < -0.4 is 5.32 Å². The first-order chi connectivity index (χ1) is 11.0. The Morgan fingerprint density at radius 3 is 2.65 bits per heavy atom. The Labute approximate surface area is 132 Å². The van der Waals surface area contributed by atoms with E-state index in [9.17, 15) is 9.59 Å². The van der Waals surface area contributed by atoms with Crippen LogP contribution in [0.4, 0.5) is 5.69 Å². The summed E-state index contributed by atoms with van der Waals surface area (Å²) in [6.07, 6.45) is 5.03. The van der Waals surface area contributed by atoms with Crippen LogP contribution in [0.2, 0.25) is 0 Å². The molecule has 1 N–H and O–H groups in total. The quantitative estimate of drug-likeness (QED) is 0.691. The summed E-state index contributed by atoms with van der Waals surface area (Å²) in [7, 11) is 1.79. The average molecular weight is 310 g/mol. The molecule has 0 atom stereocenters. The number of amides is 1. The van der Waals surface area contributed by atoms with Crippen molar-refractivity contribution >= 4 is 29.5 Å². The van der Waals surface area contributed by atoms with E-state index < -0.39 is 5.97 Å². The van der Waals surface area contributed by atoms with Crippen molar-refractivity contribution < 1.29 is 14.3 Å². The van der Waals surface area contributed by atoms with Gasteiger partial charge in [0.25, 0.3) is 0 Å². The number of rotatable bonds is 3. The minimum absolute atomic E-state index is 0.149. The first-order valence-electron chi connectivity index (χ1n) is 6.90. The maximum absolute atomic E-state index is 11.9. The van der Waals surface area contributed by atoms with Crippen molar-refractivity contribution in [3.05, 3.63) is 53.5 Å². The van der Waals surface area contributed by atoms with E-state index in [1.165, 1.54) is 6.92 Å². The standard InChI is InChI=1S/C16H14N4O3/c1-10(21)18-13-5-3-12(4-6-13)15-19-14(16(22)23-15)7-11-8-17-20(2)9-11/h3-9H,1-2H3,(H,18,21)/b14-7+. The molecule has 0 saturated heterocycles. The van der Waals surface area contributed by atoms with Gasteiger partial charge in [0.1, 0.15) is 0 Å². The van der Waals surface area contributed by atoms with E-state index in [1.54, 1.807) is 54.5 Å². The average Bonchev–Trinajstić information content (AvgIpc) is 3.06. The summed E-state index contributed by atoms with van der Waals surface area (Å²) in [6, 6.07) is 6.89. The molecule has 1 aliphatic heterocycles. The first-order valence-corrected chi connectivity index (χ1v) is 6.90. The molecular weight excluding hydrogens is 296 g/mol. The molecule has 1 aromatic heterocycles. The number of esters is 1. The maximum Gasteiger partial charge on any atom is 0.363 e. The topological polar surface area (TPSA) is 85.6 Å². The maximum atomic E-state index is 11.9. The monoisotopic (exact) mass is 310 g/mol. The summed E-state index contributed by atoms with van der Waals surface area (Å²) < 4.78 is 6.83. The van der Waals surface area contributed by atoms with Crippen molar-refractivity contribution in [2.45, 2.75) is 6.92 Å². The third kappa shape index (κ3) is 3.34. The van der Waals surface area contributed by atoms with Crippen LogP contribution in [0.5, 0.6) is 0 Å². The van der Waals surface area contributed by atoms with Gasteiger partial charge in [0, 0.05) is 37.0 Å². The molecular formula is C16H14N4O3. The minimum atomic E-state index is -0.505. The number of nitrogens with zero attached hydrogens (tertiary/aromatic N) is 3. The Kier molecular flexibility index (Phi) is 3.76. The molecule has 0 aliphatic carbocycles. The highest BCUT2D eigenvalue weighted by molar-refractivity contribution is 6.13. The van der Waals surface area contributed by atoms with Crippen LogP contribution in [0, 0.1) is 0 Å². The highest BCUT2D eigenvalue weighted by Gasteiger charge is 2.24. The number of aromatic nitrogens is 2. The van der Waals surface area contributed by atoms with Gasteiger partial charge in [0.05, 0.1) is 6.20 Å². The Morgan fingerprint density at radius 2 is 2.04 bits per heavy atom. The van der Waals surface area contributed by atoms with Crippen LogP contribution in [-0.4, -0.2) is 27.6 Å². The Balaban J connectivity index is 1.83. The van der Waals surface area contributed by atoms with E-state index in [4.69, 9.17) is 4.74 Å². The second kappa shape index (κ2) is 5.88. The van der Waals surface area contributed by atoms with Crippen LogP contribution >= 0.6 is 0 Å². The van der Waals surface area contributed by atoms with Gasteiger partial charge in [-0.25, -0.2) is 9.79 Å². The van der Waals surface area contributed by atoms with Crippen molar-refractivity contribution in [2.24, 2.45) is 12.0 Å². The zero-order valence-corrected chi connectivity index (χ0v) is 12.6. The number of aliphatic imine (C=N–C) groups is 1. The van der Waals surface area contributed by atoms with E-state index >= 15 is 0 Å². The first kappa shape index (κ1) is 14.7. The van der Waals surface area contributed by atoms with Gasteiger partial charge in [-0.2, -0.15) is 5.10 Å². The van der Waals surface area contributed by atoms with Crippen LogP contribution in [0.3, 0.4) is 0 Å². The molecule has 1 aromatic carbocycles. The van der Waals surface area contributed by atoms with E-state index in [2.05, 4.69) is 15.4 Å². The summed E-state index contributed by atoms with van der Waals surface area (Å²) in [5.74, 6) is -0.418. The Bertz CT molecular complexity index is 831. The van der Waals surface area contributed by atoms with Crippen LogP contribution in [0.25, 0.3) is 6.08 Å². The zero-order chi connectivity index (χ0) is 16.4. The van der Waals surface area contributed by atoms with Crippen molar-refractivity contribution in [2.75, 3.05) is 5.32 Å². The van der Waals surface area contributed by atoms with Gasteiger partial charge < -0.3 is 10.1 Å². The molecule has 2 heterocycles. The van der Waals surface area contributed by atoms with Gasteiger partial charge in [0.15, 0.2) is 5.70 Å². The van der Waals surface area contributed by atoms with Crippen LogP contribution in [0.15, 0.2) is 47.3 Å². The van der Waals surface area contributed by atoms with Gasteiger partial charge >= 0.3 is 5.97 Å².